The zero-order valence-electron chi connectivity index (χ0n) is 9.89. The van der Waals surface area contributed by atoms with Gasteiger partial charge in [0.15, 0.2) is 0 Å². The first kappa shape index (κ1) is 10.9. The van der Waals surface area contributed by atoms with Crippen LogP contribution in [-0.4, -0.2) is 27.6 Å². The number of aryl methyl sites for hydroxylation is 1. The molecule has 0 bridgehead atoms. The molecule has 1 aliphatic rings. The largest absolute Gasteiger partial charge is 0.329 e. The van der Waals surface area contributed by atoms with E-state index in [4.69, 9.17) is 0 Å². The van der Waals surface area contributed by atoms with E-state index in [1.807, 2.05) is 18.0 Å². The Bertz CT molecular complexity index is 496. The maximum absolute atomic E-state index is 4.30. The van der Waals surface area contributed by atoms with E-state index in [2.05, 4.69) is 26.8 Å². The molecule has 3 heterocycles. The number of thiazole rings is 1. The van der Waals surface area contributed by atoms with Crippen molar-refractivity contribution in [3.8, 4) is 0 Å². The van der Waals surface area contributed by atoms with Crippen LogP contribution in [0.15, 0.2) is 18.0 Å². The third-order valence-electron chi connectivity index (χ3n) is 3.38. The Hall–Kier alpha value is -1.20. The van der Waals surface area contributed by atoms with Crippen molar-refractivity contribution in [2.24, 2.45) is 0 Å². The second kappa shape index (κ2) is 4.58. The maximum atomic E-state index is 4.30. The Morgan fingerprint density at radius 3 is 3.24 bits per heavy atom. The van der Waals surface area contributed by atoms with Crippen LogP contribution >= 0.6 is 11.3 Å². The molecule has 1 fully saturated rings. The van der Waals surface area contributed by atoms with Crippen LogP contribution in [0.25, 0.3) is 0 Å². The van der Waals surface area contributed by atoms with Crippen molar-refractivity contribution in [1.29, 1.82) is 0 Å². The summed E-state index contributed by atoms with van der Waals surface area (Å²) in [5.41, 5.74) is 4.40. The van der Waals surface area contributed by atoms with Crippen LogP contribution in [-0.2, 0) is 6.54 Å². The summed E-state index contributed by atoms with van der Waals surface area (Å²) in [4.78, 5) is 9.92. The van der Waals surface area contributed by atoms with Crippen molar-refractivity contribution >= 4 is 11.3 Å². The molecule has 1 aliphatic heterocycles. The predicted octanol–water partition coefficient (Wildman–Crippen LogP) is 1.77. The lowest BCUT2D eigenvalue weighted by atomic mass is 10.1. The van der Waals surface area contributed by atoms with Gasteiger partial charge in [0.2, 0.25) is 0 Å². The lowest BCUT2D eigenvalue weighted by molar-refractivity contribution is 0.656. The highest BCUT2D eigenvalue weighted by Gasteiger charge is 2.20. The fourth-order valence-electron chi connectivity index (χ4n) is 2.34. The summed E-state index contributed by atoms with van der Waals surface area (Å²) < 4.78 is 2.26. The van der Waals surface area contributed by atoms with E-state index in [9.17, 15) is 0 Å². The molecule has 1 N–H and O–H groups in total. The molecule has 17 heavy (non-hydrogen) atoms. The lowest BCUT2D eigenvalue weighted by Crippen LogP contribution is -2.12. The summed E-state index contributed by atoms with van der Waals surface area (Å²) in [6.07, 6.45) is 5.16. The van der Waals surface area contributed by atoms with Crippen LogP contribution in [0.2, 0.25) is 0 Å². The van der Waals surface area contributed by atoms with Crippen molar-refractivity contribution in [2.45, 2.75) is 25.8 Å². The number of hydrogen-bond acceptors (Lipinski definition) is 4. The van der Waals surface area contributed by atoms with Crippen LogP contribution < -0.4 is 5.32 Å². The Morgan fingerprint density at radius 1 is 1.59 bits per heavy atom. The van der Waals surface area contributed by atoms with Gasteiger partial charge in [-0.25, -0.2) is 9.97 Å². The van der Waals surface area contributed by atoms with E-state index in [1.54, 1.807) is 11.3 Å². The van der Waals surface area contributed by atoms with E-state index in [0.717, 1.165) is 25.3 Å². The molecule has 0 spiro atoms. The van der Waals surface area contributed by atoms with Gasteiger partial charge >= 0.3 is 0 Å². The van der Waals surface area contributed by atoms with E-state index in [0.29, 0.717) is 5.92 Å². The summed E-state index contributed by atoms with van der Waals surface area (Å²) >= 11 is 1.72. The van der Waals surface area contributed by atoms with Gasteiger partial charge in [-0.05, 0) is 19.9 Å². The zero-order chi connectivity index (χ0) is 11.7. The minimum Gasteiger partial charge on any atom is -0.329 e. The molecule has 4 nitrogen and oxygen atoms in total. The normalized spacial score (nSPS) is 19.9. The number of hydrogen-bond donors (Lipinski definition) is 1. The van der Waals surface area contributed by atoms with E-state index >= 15 is 0 Å². The van der Waals surface area contributed by atoms with Crippen LogP contribution in [0, 0.1) is 6.92 Å². The minimum absolute atomic E-state index is 0.616. The SMILES string of the molecule is Cc1ncsc1Cn1cncc1C1CCNC1. The number of rotatable bonds is 3. The third kappa shape index (κ3) is 2.12. The summed E-state index contributed by atoms with van der Waals surface area (Å²) in [7, 11) is 0. The van der Waals surface area contributed by atoms with Gasteiger partial charge in [-0.1, -0.05) is 0 Å². The molecule has 3 rings (SSSR count). The summed E-state index contributed by atoms with van der Waals surface area (Å²) in [5.74, 6) is 0.616. The van der Waals surface area contributed by atoms with Gasteiger partial charge in [-0.3, -0.25) is 0 Å². The van der Waals surface area contributed by atoms with Gasteiger partial charge in [0.25, 0.3) is 0 Å². The first-order chi connectivity index (χ1) is 8.34. The molecular weight excluding hydrogens is 232 g/mol. The fourth-order valence-corrected chi connectivity index (χ4v) is 3.12. The quantitative estimate of drug-likeness (QED) is 0.900. The summed E-state index contributed by atoms with van der Waals surface area (Å²) in [5, 5.41) is 3.41. The molecular formula is C12H16N4S. The second-order valence-corrected chi connectivity index (χ2v) is 5.44. The molecule has 1 unspecified atom stereocenters. The molecule has 0 amide bonds. The minimum atomic E-state index is 0.616. The molecule has 0 aromatic carbocycles. The second-order valence-electron chi connectivity index (χ2n) is 4.50. The standard InChI is InChI=1S/C12H16N4S/c1-9-12(17-8-15-9)6-16-7-14-5-11(16)10-2-3-13-4-10/h5,7-8,10,13H,2-4,6H2,1H3. The zero-order valence-corrected chi connectivity index (χ0v) is 10.7. The molecule has 2 aromatic heterocycles. The van der Waals surface area contributed by atoms with Crippen molar-refractivity contribution in [2.75, 3.05) is 13.1 Å². The molecule has 1 atom stereocenters. The Kier molecular flexibility index (Phi) is 2.94. The van der Waals surface area contributed by atoms with Crippen molar-refractivity contribution in [1.82, 2.24) is 19.9 Å². The monoisotopic (exact) mass is 248 g/mol. The Labute approximate surface area is 105 Å². The fraction of sp³-hybridized carbons (Fsp3) is 0.500. The maximum Gasteiger partial charge on any atom is 0.0951 e. The summed E-state index contributed by atoms with van der Waals surface area (Å²) in [6, 6.07) is 0. The van der Waals surface area contributed by atoms with Crippen LogP contribution in [0.1, 0.15) is 28.6 Å². The highest BCUT2D eigenvalue weighted by Crippen LogP contribution is 2.23. The topological polar surface area (TPSA) is 42.7 Å². The van der Waals surface area contributed by atoms with E-state index in [-0.39, 0.29) is 0 Å². The van der Waals surface area contributed by atoms with Crippen molar-refractivity contribution in [3.05, 3.63) is 34.3 Å². The molecule has 0 saturated carbocycles. The van der Waals surface area contributed by atoms with Gasteiger partial charge in [-0.15, -0.1) is 11.3 Å². The Balaban J connectivity index is 1.84. The van der Waals surface area contributed by atoms with Gasteiger partial charge in [0.05, 0.1) is 24.1 Å². The van der Waals surface area contributed by atoms with Gasteiger partial charge in [0, 0.05) is 29.2 Å². The van der Waals surface area contributed by atoms with E-state index < -0.39 is 0 Å². The lowest BCUT2D eigenvalue weighted by Gasteiger charge is -2.12. The molecule has 2 aromatic rings. The number of nitrogens with zero attached hydrogens (tertiary/aromatic N) is 3. The average Bonchev–Trinajstić information content (AvgIpc) is 3.02. The summed E-state index contributed by atoms with van der Waals surface area (Å²) in [6.45, 7) is 5.17. The van der Waals surface area contributed by atoms with Crippen molar-refractivity contribution < 1.29 is 0 Å². The number of nitrogens with one attached hydrogen (secondary N) is 1. The molecule has 90 valence electrons. The molecule has 0 radical (unpaired) electrons. The average molecular weight is 248 g/mol. The van der Waals surface area contributed by atoms with Gasteiger partial charge < -0.3 is 9.88 Å². The van der Waals surface area contributed by atoms with Gasteiger partial charge in [-0.2, -0.15) is 0 Å². The molecule has 5 heteroatoms. The Morgan fingerprint density at radius 2 is 2.53 bits per heavy atom. The third-order valence-corrected chi connectivity index (χ3v) is 4.30. The van der Waals surface area contributed by atoms with E-state index in [1.165, 1.54) is 17.0 Å². The van der Waals surface area contributed by atoms with Crippen molar-refractivity contribution in [3.63, 3.8) is 0 Å². The first-order valence-electron chi connectivity index (χ1n) is 5.94. The number of aromatic nitrogens is 3. The number of imidazole rings is 1. The smallest absolute Gasteiger partial charge is 0.0951 e. The van der Waals surface area contributed by atoms with Crippen LogP contribution in [0.3, 0.4) is 0 Å². The van der Waals surface area contributed by atoms with Crippen LogP contribution in [0.4, 0.5) is 0 Å². The highest BCUT2D eigenvalue weighted by molar-refractivity contribution is 7.09. The predicted molar refractivity (Wildman–Crippen MR) is 68.4 cm³/mol. The van der Waals surface area contributed by atoms with Gasteiger partial charge in [0.1, 0.15) is 0 Å². The molecule has 1 saturated heterocycles. The first-order valence-corrected chi connectivity index (χ1v) is 6.82. The highest BCUT2D eigenvalue weighted by atomic mass is 32.1. The molecule has 0 aliphatic carbocycles. The van der Waals surface area contributed by atoms with Crippen LogP contribution in [0.5, 0.6) is 0 Å².